The summed E-state index contributed by atoms with van der Waals surface area (Å²) in [7, 11) is 0. The molecule has 0 heterocycles. The SMILES string of the molecule is CC(C)C(=O)OC1CC(O)C1. The summed E-state index contributed by atoms with van der Waals surface area (Å²) in [5.74, 6) is -0.227. The number of aliphatic hydroxyl groups excluding tert-OH is 1. The highest BCUT2D eigenvalue weighted by molar-refractivity contribution is 5.71. The highest BCUT2D eigenvalue weighted by Gasteiger charge is 2.30. The maximum absolute atomic E-state index is 10.9. The number of hydrogen-bond donors (Lipinski definition) is 1. The molecule has 0 spiro atoms. The number of aliphatic hydroxyl groups is 1. The Morgan fingerprint density at radius 2 is 2.09 bits per heavy atom. The second kappa shape index (κ2) is 3.22. The van der Waals surface area contributed by atoms with Crippen molar-refractivity contribution >= 4 is 5.97 Å². The maximum Gasteiger partial charge on any atom is 0.308 e. The van der Waals surface area contributed by atoms with Crippen molar-refractivity contribution in [3.05, 3.63) is 0 Å². The first kappa shape index (κ1) is 8.53. The van der Waals surface area contributed by atoms with Crippen molar-refractivity contribution in [2.75, 3.05) is 0 Å². The Labute approximate surface area is 66.4 Å². The third-order valence-corrected chi connectivity index (χ3v) is 1.82. The summed E-state index contributed by atoms with van der Waals surface area (Å²) in [5.41, 5.74) is 0. The molecule has 1 aliphatic carbocycles. The average molecular weight is 158 g/mol. The van der Waals surface area contributed by atoms with Crippen molar-refractivity contribution in [3.8, 4) is 0 Å². The van der Waals surface area contributed by atoms with Gasteiger partial charge in [0.15, 0.2) is 0 Å². The van der Waals surface area contributed by atoms with Crippen LogP contribution in [0.25, 0.3) is 0 Å². The Kier molecular flexibility index (Phi) is 2.49. The number of carbonyl (C=O) groups is 1. The van der Waals surface area contributed by atoms with E-state index in [0.29, 0.717) is 12.8 Å². The predicted octanol–water partition coefficient (Wildman–Crippen LogP) is 0.709. The minimum atomic E-state index is -0.250. The Morgan fingerprint density at radius 1 is 1.55 bits per heavy atom. The lowest BCUT2D eigenvalue weighted by Crippen LogP contribution is -2.37. The van der Waals surface area contributed by atoms with Gasteiger partial charge in [-0.05, 0) is 0 Å². The first-order valence-corrected chi connectivity index (χ1v) is 3.98. The minimum absolute atomic E-state index is 0.0279. The number of esters is 1. The number of ether oxygens (including phenoxy) is 1. The predicted molar refractivity (Wildman–Crippen MR) is 40.0 cm³/mol. The second-order valence-corrected chi connectivity index (χ2v) is 3.34. The van der Waals surface area contributed by atoms with Crippen LogP contribution in [0.15, 0.2) is 0 Å². The molecule has 1 saturated carbocycles. The van der Waals surface area contributed by atoms with Crippen LogP contribution >= 0.6 is 0 Å². The van der Waals surface area contributed by atoms with Crippen LogP contribution in [0, 0.1) is 5.92 Å². The van der Waals surface area contributed by atoms with E-state index in [1.807, 2.05) is 0 Å². The molecule has 0 amide bonds. The number of carbonyl (C=O) groups excluding carboxylic acids is 1. The lowest BCUT2D eigenvalue weighted by molar-refractivity contribution is -0.162. The van der Waals surface area contributed by atoms with Crippen LogP contribution in [0.4, 0.5) is 0 Å². The van der Waals surface area contributed by atoms with Crippen molar-refractivity contribution in [2.24, 2.45) is 5.92 Å². The smallest absolute Gasteiger partial charge is 0.308 e. The standard InChI is InChI=1S/C8H14O3/c1-5(2)8(10)11-7-3-6(9)4-7/h5-7,9H,3-4H2,1-2H3. The fourth-order valence-electron chi connectivity index (χ4n) is 0.934. The van der Waals surface area contributed by atoms with Crippen LogP contribution < -0.4 is 0 Å². The quantitative estimate of drug-likeness (QED) is 0.602. The van der Waals surface area contributed by atoms with E-state index in [1.54, 1.807) is 13.8 Å². The van der Waals surface area contributed by atoms with Gasteiger partial charge in [0.1, 0.15) is 6.10 Å². The maximum atomic E-state index is 10.9. The summed E-state index contributed by atoms with van der Waals surface area (Å²) in [6, 6.07) is 0. The molecule has 3 heteroatoms. The molecule has 64 valence electrons. The van der Waals surface area contributed by atoms with E-state index >= 15 is 0 Å². The van der Waals surface area contributed by atoms with Gasteiger partial charge in [0.2, 0.25) is 0 Å². The summed E-state index contributed by atoms with van der Waals surface area (Å²) in [5, 5.41) is 8.88. The first-order valence-electron chi connectivity index (χ1n) is 3.98. The molecule has 0 aliphatic heterocycles. The molecule has 1 fully saturated rings. The summed E-state index contributed by atoms with van der Waals surface area (Å²) in [4.78, 5) is 10.9. The fourth-order valence-corrected chi connectivity index (χ4v) is 0.934. The van der Waals surface area contributed by atoms with Crippen LogP contribution in [-0.2, 0) is 9.53 Å². The molecule has 1 N–H and O–H groups in total. The Hall–Kier alpha value is -0.570. The minimum Gasteiger partial charge on any atom is -0.462 e. The van der Waals surface area contributed by atoms with Crippen molar-refractivity contribution in [1.82, 2.24) is 0 Å². The van der Waals surface area contributed by atoms with E-state index in [9.17, 15) is 4.79 Å². The van der Waals surface area contributed by atoms with Gasteiger partial charge in [0.05, 0.1) is 12.0 Å². The van der Waals surface area contributed by atoms with Crippen LogP contribution in [0.1, 0.15) is 26.7 Å². The molecular formula is C8H14O3. The molecular weight excluding hydrogens is 144 g/mol. The zero-order valence-corrected chi connectivity index (χ0v) is 6.91. The molecule has 0 atom stereocenters. The highest BCUT2D eigenvalue weighted by Crippen LogP contribution is 2.23. The van der Waals surface area contributed by atoms with E-state index in [2.05, 4.69) is 0 Å². The highest BCUT2D eigenvalue weighted by atomic mass is 16.5. The lowest BCUT2D eigenvalue weighted by Gasteiger charge is -2.31. The normalized spacial score (nSPS) is 29.8. The summed E-state index contributed by atoms with van der Waals surface area (Å²) < 4.78 is 5.02. The molecule has 11 heavy (non-hydrogen) atoms. The van der Waals surface area contributed by atoms with Gasteiger partial charge in [-0.3, -0.25) is 4.79 Å². The average Bonchev–Trinajstić information content (AvgIpc) is 1.84. The Balaban J connectivity index is 2.17. The van der Waals surface area contributed by atoms with Crippen LogP contribution in [0.5, 0.6) is 0 Å². The molecule has 0 radical (unpaired) electrons. The fraction of sp³-hybridized carbons (Fsp3) is 0.875. The second-order valence-electron chi connectivity index (χ2n) is 3.34. The van der Waals surface area contributed by atoms with Crippen molar-refractivity contribution in [1.29, 1.82) is 0 Å². The molecule has 0 aromatic heterocycles. The number of hydrogen-bond acceptors (Lipinski definition) is 3. The van der Waals surface area contributed by atoms with Crippen molar-refractivity contribution in [2.45, 2.75) is 38.9 Å². The van der Waals surface area contributed by atoms with Gasteiger partial charge >= 0.3 is 5.97 Å². The van der Waals surface area contributed by atoms with Gasteiger partial charge in [-0.15, -0.1) is 0 Å². The molecule has 0 unspecified atom stereocenters. The topological polar surface area (TPSA) is 46.5 Å². The Bertz CT molecular complexity index is 147. The van der Waals surface area contributed by atoms with E-state index < -0.39 is 0 Å². The zero-order valence-electron chi connectivity index (χ0n) is 6.91. The van der Waals surface area contributed by atoms with Gasteiger partial charge in [-0.1, -0.05) is 13.8 Å². The van der Waals surface area contributed by atoms with Crippen LogP contribution in [0.2, 0.25) is 0 Å². The molecule has 3 nitrogen and oxygen atoms in total. The first-order chi connectivity index (χ1) is 5.09. The largest absolute Gasteiger partial charge is 0.462 e. The van der Waals surface area contributed by atoms with Gasteiger partial charge in [-0.2, -0.15) is 0 Å². The molecule has 0 aromatic carbocycles. The summed E-state index contributed by atoms with van der Waals surface area (Å²) in [6.45, 7) is 3.61. The summed E-state index contributed by atoms with van der Waals surface area (Å²) in [6.07, 6.45) is 0.941. The summed E-state index contributed by atoms with van der Waals surface area (Å²) >= 11 is 0. The molecule has 0 saturated heterocycles. The molecule has 0 bridgehead atoms. The van der Waals surface area contributed by atoms with Gasteiger partial charge in [0, 0.05) is 12.8 Å². The zero-order chi connectivity index (χ0) is 8.43. The lowest BCUT2D eigenvalue weighted by atomic mass is 9.92. The third-order valence-electron chi connectivity index (χ3n) is 1.82. The molecule has 1 rings (SSSR count). The third kappa shape index (κ3) is 2.19. The van der Waals surface area contributed by atoms with E-state index in [0.717, 1.165) is 0 Å². The van der Waals surface area contributed by atoms with E-state index in [1.165, 1.54) is 0 Å². The van der Waals surface area contributed by atoms with E-state index in [-0.39, 0.29) is 24.1 Å². The van der Waals surface area contributed by atoms with Gasteiger partial charge in [-0.25, -0.2) is 0 Å². The van der Waals surface area contributed by atoms with Crippen molar-refractivity contribution in [3.63, 3.8) is 0 Å². The Morgan fingerprint density at radius 3 is 2.45 bits per heavy atom. The van der Waals surface area contributed by atoms with Crippen LogP contribution in [0.3, 0.4) is 0 Å². The number of rotatable bonds is 2. The van der Waals surface area contributed by atoms with E-state index in [4.69, 9.17) is 9.84 Å². The monoisotopic (exact) mass is 158 g/mol. The van der Waals surface area contributed by atoms with Gasteiger partial charge < -0.3 is 9.84 Å². The van der Waals surface area contributed by atoms with Crippen molar-refractivity contribution < 1.29 is 14.6 Å². The van der Waals surface area contributed by atoms with Crippen LogP contribution in [-0.4, -0.2) is 23.3 Å². The molecule has 1 aliphatic rings. The van der Waals surface area contributed by atoms with Gasteiger partial charge in [0.25, 0.3) is 0 Å². The molecule has 0 aromatic rings.